The molecule has 0 atom stereocenters. The van der Waals surface area contributed by atoms with Crippen LogP contribution < -0.4 is 0 Å². The van der Waals surface area contributed by atoms with Gasteiger partial charge in [-0.1, -0.05) is 6.07 Å². The Hall–Kier alpha value is -1.91. The summed E-state index contributed by atoms with van der Waals surface area (Å²) in [7, 11) is 0. The highest BCUT2D eigenvalue weighted by atomic mass is 19.1. The highest BCUT2D eigenvalue weighted by molar-refractivity contribution is 6.03. The van der Waals surface area contributed by atoms with Crippen LogP contribution in [0.15, 0.2) is 18.2 Å². The highest BCUT2D eigenvalue weighted by Crippen LogP contribution is 2.19. The molecule has 0 amide bonds. The zero-order chi connectivity index (χ0) is 14.6. The van der Waals surface area contributed by atoms with Crippen molar-refractivity contribution in [1.82, 2.24) is 0 Å². The SMILES string of the molecule is CCOC(=O)c1cccc(F)c1C(=O)OC(C)(C)C. The molecule has 1 rings (SSSR count). The van der Waals surface area contributed by atoms with Crippen molar-refractivity contribution in [2.45, 2.75) is 33.3 Å². The molecular weight excluding hydrogens is 251 g/mol. The van der Waals surface area contributed by atoms with Crippen molar-refractivity contribution >= 4 is 11.9 Å². The summed E-state index contributed by atoms with van der Waals surface area (Å²) in [4.78, 5) is 23.6. The highest BCUT2D eigenvalue weighted by Gasteiger charge is 2.26. The number of esters is 2. The maximum atomic E-state index is 13.8. The first-order chi connectivity index (χ1) is 8.76. The lowest BCUT2D eigenvalue weighted by molar-refractivity contribution is 0.00593. The summed E-state index contributed by atoms with van der Waals surface area (Å²) < 4.78 is 23.6. The molecular formula is C14H17FO4. The third-order valence-corrected chi connectivity index (χ3v) is 2.11. The Morgan fingerprint density at radius 1 is 1.21 bits per heavy atom. The van der Waals surface area contributed by atoms with Gasteiger partial charge in [0.15, 0.2) is 0 Å². The Morgan fingerprint density at radius 3 is 2.37 bits per heavy atom. The zero-order valence-corrected chi connectivity index (χ0v) is 11.5. The van der Waals surface area contributed by atoms with Crippen LogP contribution in [0.25, 0.3) is 0 Å². The first-order valence-electron chi connectivity index (χ1n) is 5.95. The second-order valence-corrected chi connectivity index (χ2v) is 4.88. The summed E-state index contributed by atoms with van der Waals surface area (Å²) in [5.74, 6) is -2.43. The van der Waals surface area contributed by atoms with Gasteiger partial charge in [-0.25, -0.2) is 14.0 Å². The molecule has 0 aliphatic rings. The lowest BCUT2D eigenvalue weighted by Crippen LogP contribution is -2.26. The molecule has 0 aliphatic heterocycles. The van der Waals surface area contributed by atoms with Gasteiger partial charge in [0, 0.05) is 0 Å². The minimum atomic E-state index is -0.881. The quantitative estimate of drug-likeness (QED) is 0.791. The lowest BCUT2D eigenvalue weighted by Gasteiger charge is -2.20. The van der Waals surface area contributed by atoms with Crippen LogP contribution in [0, 0.1) is 5.82 Å². The molecule has 0 saturated carbocycles. The van der Waals surface area contributed by atoms with E-state index >= 15 is 0 Å². The molecule has 0 unspecified atom stereocenters. The predicted octanol–water partition coefficient (Wildman–Crippen LogP) is 2.96. The Morgan fingerprint density at radius 2 is 1.84 bits per heavy atom. The van der Waals surface area contributed by atoms with Crippen molar-refractivity contribution in [1.29, 1.82) is 0 Å². The molecule has 104 valence electrons. The van der Waals surface area contributed by atoms with E-state index in [0.29, 0.717) is 0 Å². The minimum absolute atomic E-state index is 0.129. The van der Waals surface area contributed by atoms with E-state index in [1.54, 1.807) is 27.7 Å². The fourth-order valence-corrected chi connectivity index (χ4v) is 1.44. The standard InChI is InChI=1S/C14H17FO4/c1-5-18-12(16)9-7-6-8-10(15)11(9)13(17)19-14(2,3)4/h6-8H,5H2,1-4H3. The van der Waals surface area contributed by atoms with Crippen LogP contribution in [0.4, 0.5) is 4.39 Å². The van der Waals surface area contributed by atoms with E-state index in [-0.39, 0.29) is 12.2 Å². The number of rotatable bonds is 3. The number of ether oxygens (including phenoxy) is 2. The topological polar surface area (TPSA) is 52.6 Å². The molecule has 1 aromatic carbocycles. The summed E-state index contributed by atoms with van der Waals surface area (Å²) in [5, 5.41) is 0. The van der Waals surface area contributed by atoms with Crippen molar-refractivity contribution < 1.29 is 23.5 Å². The smallest absolute Gasteiger partial charge is 0.342 e. The van der Waals surface area contributed by atoms with Gasteiger partial charge in [-0.2, -0.15) is 0 Å². The summed E-state index contributed by atoms with van der Waals surface area (Å²) in [6.45, 7) is 6.76. The molecule has 0 aromatic heterocycles. The van der Waals surface area contributed by atoms with E-state index < -0.39 is 28.9 Å². The molecule has 0 N–H and O–H groups in total. The van der Waals surface area contributed by atoms with Gasteiger partial charge >= 0.3 is 11.9 Å². The molecule has 0 bridgehead atoms. The Labute approximate surface area is 111 Å². The van der Waals surface area contributed by atoms with Crippen LogP contribution in [0.5, 0.6) is 0 Å². The average Bonchev–Trinajstić information content (AvgIpc) is 2.26. The Bertz CT molecular complexity index is 489. The van der Waals surface area contributed by atoms with Gasteiger partial charge < -0.3 is 9.47 Å². The number of hydrogen-bond donors (Lipinski definition) is 0. The van der Waals surface area contributed by atoms with E-state index in [1.807, 2.05) is 0 Å². The maximum Gasteiger partial charge on any atom is 0.342 e. The zero-order valence-electron chi connectivity index (χ0n) is 11.5. The second-order valence-electron chi connectivity index (χ2n) is 4.88. The number of carbonyl (C=O) groups is 2. The Kier molecular flexibility index (Phi) is 4.64. The first kappa shape index (κ1) is 15.1. The first-order valence-corrected chi connectivity index (χ1v) is 5.95. The van der Waals surface area contributed by atoms with Gasteiger partial charge in [-0.05, 0) is 39.8 Å². The fourth-order valence-electron chi connectivity index (χ4n) is 1.44. The maximum absolute atomic E-state index is 13.8. The summed E-state index contributed by atoms with van der Waals surface area (Å²) in [6.07, 6.45) is 0. The summed E-state index contributed by atoms with van der Waals surface area (Å²) in [6, 6.07) is 3.78. The molecule has 0 aliphatic carbocycles. The van der Waals surface area contributed by atoms with Crippen LogP contribution >= 0.6 is 0 Å². The van der Waals surface area contributed by atoms with Crippen LogP contribution in [0.2, 0.25) is 0 Å². The number of hydrogen-bond acceptors (Lipinski definition) is 4. The third-order valence-electron chi connectivity index (χ3n) is 2.11. The largest absolute Gasteiger partial charge is 0.462 e. The lowest BCUT2D eigenvalue weighted by atomic mass is 10.1. The van der Waals surface area contributed by atoms with E-state index in [4.69, 9.17) is 9.47 Å². The summed E-state index contributed by atoms with van der Waals surface area (Å²) >= 11 is 0. The third kappa shape index (κ3) is 4.05. The predicted molar refractivity (Wildman–Crippen MR) is 67.5 cm³/mol. The average molecular weight is 268 g/mol. The van der Waals surface area contributed by atoms with Crippen LogP contribution in [0.1, 0.15) is 48.4 Å². The molecule has 0 fully saturated rings. The van der Waals surface area contributed by atoms with Gasteiger partial charge in [-0.15, -0.1) is 0 Å². The monoisotopic (exact) mass is 268 g/mol. The summed E-state index contributed by atoms with van der Waals surface area (Å²) in [5.41, 5.74) is -1.29. The molecule has 4 nitrogen and oxygen atoms in total. The number of halogens is 1. The molecule has 0 spiro atoms. The molecule has 19 heavy (non-hydrogen) atoms. The molecule has 1 aromatic rings. The number of carbonyl (C=O) groups excluding carboxylic acids is 2. The van der Waals surface area contributed by atoms with E-state index in [1.165, 1.54) is 12.1 Å². The van der Waals surface area contributed by atoms with Gasteiger partial charge in [0.25, 0.3) is 0 Å². The number of benzene rings is 1. The van der Waals surface area contributed by atoms with Crippen molar-refractivity contribution in [3.8, 4) is 0 Å². The van der Waals surface area contributed by atoms with Crippen LogP contribution in [-0.4, -0.2) is 24.1 Å². The van der Waals surface area contributed by atoms with Gasteiger partial charge in [0.2, 0.25) is 0 Å². The van der Waals surface area contributed by atoms with Crippen molar-refractivity contribution in [2.24, 2.45) is 0 Å². The normalized spacial score (nSPS) is 11.0. The van der Waals surface area contributed by atoms with E-state index in [9.17, 15) is 14.0 Å². The molecule has 0 heterocycles. The van der Waals surface area contributed by atoms with Crippen LogP contribution in [0.3, 0.4) is 0 Å². The Balaban J connectivity index is 3.18. The van der Waals surface area contributed by atoms with E-state index in [0.717, 1.165) is 6.07 Å². The molecule has 0 saturated heterocycles. The van der Waals surface area contributed by atoms with Gasteiger partial charge in [-0.3, -0.25) is 0 Å². The van der Waals surface area contributed by atoms with Crippen molar-refractivity contribution in [3.05, 3.63) is 35.1 Å². The second kappa shape index (κ2) is 5.82. The fraction of sp³-hybridized carbons (Fsp3) is 0.429. The molecule has 0 radical (unpaired) electrons. The van der Waals surface area contributed by atoms with Crippen LogP contribution in [-0.2, 0) is 9.47 Å². The van der Waals surface area contributed by atoms with Crippen molar-refractivity contribution in [2.75, 3.05) is 6.61 Å². The molecule has 5 heteroatoms. The van der Waals surface area contributed by atoms with E-state index in [2.05, 4.69) is 0 Å². The van der Waals surface area contributed by atoms with Gasteiger partial charge in [0.05, 0.1) is 12.2 Å². The van der Waals surface area contributed by atoms with Crippen molar-refractivity contribution in [3.63, 3.8) is 0 Å². The minimum Gasteiger partial charge on any atom is -0.462 e. The van der Waals surface area contributed by atoms with Gasteiger partial charge in [0.1, 0.15) is 17.0 Å².